The molecule has 1 amide bonds. The molecule has 5 nitrogen and oxygen atoms in total. The molecule has 0 bridgehead atoms. The van der Waals surface area contributed by atoms with Gasteiger partial charge in [0.05, 0.1) is 24.6 Å². The summed E-state index contributed by atoms with van der Waals surface area (Å²) in [5.41, 5.74) is 0.965. The standard InChI is InChI=1S/C22H24N2O3S2/c1-23(19-9-8-17-5-2-3-6-18(17)13-19)15-22(25)24(14-21-7-4-11-28-21)20-10-12-29(26,27)16-20/h2-9,11,13,20H,10,12,14-16H2,1H3. The van der Waals surface area contributed by atoms with Gasteiger partial charge in [0, 0.05) is 23.7 Å². The number of carbonyl (C=O) groups excluding carboxylic acids is 1. The zero-order valence-corrected chi connectivity index (χ0v) is 18.0. The van der Waals surface area contributed by atoms with Crippen molar-refractivity contribution in [2.45, 2.75) is 19.0 Å². The number of fused-ring (bicyclic) bond motifs is 1. The molecule has 1 saturated heterocycles. The van der Waals surface area contributed by atoms with Gasteiger partial charge < -0.3 is 9.80 Å². The summed E-state index contributed by atoms with van der Waals surface area (Å²) in [6.07, 6.45) is 0.513. The van der Waals surface area contributed by atoms with Crippen LogP contribution in [0.5, 0.6) is 0 Å². The van der Waals surface area contributed by atoms with E-state index in [1.807, 2.05) is 47.7 Å². The fourth-order valence-electron chi connectivity index (χ4n) is 3.81. The van der Waals surface area contributed by atoms with E-state index in [2.05, 4.69) is 24.3 Å². The highest BCUT2D eigenvalue weighted by Crippen LogP contribution is 2.24. The van der Waals surface area contributed by atoms with Gasteiger partial charge in [0.15, 0.2) is 9.84 Å². The predicted molar refractivity (Wildman–Crippen MR) is 119 cm³/mol. The molecule has 0 N–H and O–H groups in total. The molecule has 2 heterocycles. The van der Waals surface area contributed by atoms with Crippen molar-refractivity contribution in [3.8, 4) is 0 Å². The average molecular weight is 429 g/mol. The molecule has 2 aromatic carbocycles. The molecule has 1 unspecified atom stereocenters. The summed E-state index contributed by atoms with van der Waals surface area (Å²) in [5, 5.41) is 4.26. The van der Waals surface area contributed by atoms with E-state index in [1.165, 1.54) is 0 Å². The molecular weight excluding hydrogens is 404 g/mol. The molecule has 7 heteroatoms. The SMILES string of the molecule is CN(CC(=O)N(Cc1cccs1)C1CCS(=O)(=O)C1)c1ccc2ccccc2c1. The molecule has 1 atom stereocenters. The van der Waals surface area contributed by atoms with E-state index >= 15 is 0 Å². The van der Waals surface area contributed by atoms with Gasteiger partial charge in [-0.3, -0.25) is 4.79 Å². The molecule has 4 rings (SSSR count). The summed E-state index contributed by atoms with van der Waals surface area (Å²) >= 11 is 1.59. The normalized spacial score (nSPS) is 18.0. The number of likely N-dealkylation sites (N-methyl/N-ethyl adjacent to an activating group) is 1. The largest absolute Gasteiger partial charge is 0.365 e. The molecule has 0 aliphatic carbocycles. The Morgan fingerprint density at radius 3 is 2.59 bits per heavy atom. The molecule has 3 aromatic rings. The van der Waals surface area contributed by atoms with Crippen LogP contribution in [0.4, 0.5) is 5.69 Å². The lowest BCUT2D eigenvalue weighted by Gasteiger charge is -2.30. The zero-order valence-electron chi connectivity index (χ0n) is 16.3. The van der Waals surface area contributed by atoms with E-state index < -0.39 is 9.84 Å². The fourth-order valence-corrected chi connectivity index (χ4v) is 6.25. The van der Waals surface area contributed by atoms with E-state index in [4.69, 9.17) is 0 Å². The lowest BCUT2D eigenvalue weighted by molar-refractivity contribution is -0.132. The van der Waals surface area contributed by atoms with Gasteiger partial charge in [-0.2, -0.15) is 0 Å². The highest BCUT2D eigenvalue weighted by atomic mass is 32.2. The molecule has 1 aliphatic rings. The van der Waals surface area contributed by atoms with E-state index in [-0.39, 0.29) is 30.0 Å². The van der Waals surface area contributed by atoms with Crippen LogP contribution >= 0.6 is 11.3 Å². The smallest absolute Gasteiger partial charge is 0.242 e. The topological polar surface area (TPSA) is 57.7 Å². The second-order valence-electron chi connectivity index (χ2n) is 7.55. The van der Waals surface area contributed by atoms with E-state index in [0.717, 1.165) is 21.3 Å². The number of hydrogen-bond donors (Lipinski definition) is 0. The van der Waals surface area contributed by atoms with Gasteiger partial charge in [-0.25, -0.2) is 8.42 Å². The minimum atomic E-state index is -3.06. The predicted octanol–water partition coefficient (Wildman–Crippen LogP) is 3.55. The van der Waals surface area contributed by atoms with Crippen LogP contribution in [0, 0.1) is 0 Å². The van der Waals surface area contributed by atoms with Gasteiger partial charge >= 0.3 is 0 Å². The number of thiophene rings is 1. The minimum Gasteiger partial charge on any atom is -0.365 e. The van der Waals surface area contributed by atoms with Gasteiger partial charge in [-0.05, 0) is 40.8 Å². The summed E-state index contributed by atoms with van der Waals surface area (Å²) in [5.74, 6) is 0.173. The molecule has 0 radical (unpaired) electrons. The first-order chi connectivity index (χ1) is 13.9. The summed E-state index contributed by atoms with van der Waals surface area (Å²) in [6, 6.07) is 18.0. The molecule has 1 aromatic heterocycles. The molecule has 0 spiro atoms. The van der Waals surface area contributed by atoms with Crippen molar-refractivity contribution >= 4 is 43.5 Å². The molecular formula is C22H24N2O3S2. The first kappa shape index (κ1) is 19.9. The minimum absolute atomic E-state index is 0.0452. The Bertz CT molecular complexity index is 1110. The number of nitrogens with zero attached hydrogens (tertiary/aromatic N) is 2. The third kappa shape index (κ3) is 4.62. The summed E-state index contributed by atoms with van der Waals surface area (Å²) in [4.78, 5) is 18.0. The van der Waals surface area contributed by atoms with Crippen LogP contribution in [0.15, 0.2) is 60.0 Å². The Balaban J connectivity index is 1.53. The van der Waals surface area contributed by atoms with Crippen molar-refractivity contribution in [1.82, 2.24) is 4.90 Å². The Kier molecular flexibility index (Phi) is 5.61. The highest BCUT2D eigenvalue weighted by molar-refractivity contribution is 7.91. The van der Waals surface area contributed by atoms with Gasteiger partial charge in [0.25, 0.3) is 0 Å². The van der Waals surface area contributed by atoms with Crippen LogP contribution in [0.2, 0.25) is 0 Å². The Hall–Kier alpha value is -2.38. The van der Waals surface area contributed by atoms with Gasteiger partial charge in [-0.1, -0.05) is 36.4 Å². The number of carbonyl (C=O) groups is 1. The number of hydrogen-bond acceptors (Lipinski definition) is 5. The fraction of sp³-hybridized carbons (Fsp3) is 0.318. The van der Waals surface area contributed by atoms with Gasteiger partial charge in [-0.15, -0.1) is 11.3 Å². The van der Waals surface area contributed by atoms with Crippen molar-refractivity contribution in [1.29, 1.82) is 0 Å². The number of sulfone groups is 1. The summed E-state index contributed by atoms with van der Waals surface area (Å²) in [6.45, 7) is 0.669. The maximum Gasteiger partial charge on any atom is 0.242 e. The number of amides is 1. The maximum atomic E-state index is 13.2. The molecule has 0 saturated carbocycles. The monoisotopic (exact) mass is 428 g/mol. The lowest BCUT2D eigenvalue weighted by atomic mass is 10.1. The number of anilines is 1. The van der Waals surface area contributed by atoms with Crippen LogP contribution in [0.25, 0.3) is 10.8 Å². The third-order valence-corrected chi connectivity index (χ3v) is 8.03. The highest BCUT2D eigenvalue weighted by Gasteiger charge is 2.35. The van der Waals surface area contributed by atoms with Crippen LogP contribution in [0.3, 0.4) is 0 Å². The summed E-state index contributed by atoms with van der Waals surface area (Å²) < 4.78 is 24.0. The van der Waals surface area contributed by atoms with E-state index in [0.29, 0.717) is 13.0 Å². The van der Waals surface area contributed by atoms with Crippen molar-refractivity contribution in [2.75, 3.05) is 30.0 Å². The van der Waals surface area contributed by atoms with E-state index in [1.54, 1.807) is 16.2 Å². The molecule has 1 fully saturated rings. The van der Waals surface area contributed by atoms with E-state index in [9.17, 15) is 13.2 Å². The second kappa shape index (κ2) is 8.16. The van der Waals surface area contributed by atoms with Crippen molar-refractivity contribution in [3.63, 3.8) is 0 Å². The maximum absolute atomic E-state index is 13.2. The Labute approximate surface area is 175 Å². The van der Waals surface area contributed by atoms with Crippen molar-refractivity contribution in [3.05, 3.63) is 64.9 Å². The van der Waals surface area contributed by atoms with Crippen LogP contribution in [-0.4, -0.2) is 50.4 Å². The lowest BCUT2D eigenvalue weighted by Crippen LogP contribution is -2.45. The second-order valence-corrected chi connectivity index (χ2v) is 10.8. The average Bonchev–Trinajstić information content (AvgIpc) is 3.34. The summed E-state index contributed by atoms with van der Waals surface area (Å²) in [7, 11) is -1.16. The third-order valence-electron chi connectivity index (χ3n) is 5.42. The Morgan fingerprint density at radius 2 is 1.90 bits per heavy atom. The van der Waals surface area contributed by atoms with Gasteiger partial charge in [0.1, 0.15) is 0 Å². The quantitative estimate of drug-likeness (QED) is 0.602. The number of benzene rings is 2. The molecule has 1 aliphatic heterocycles. The van der Waals surface area contributed by atoms with Gasteiger partial charge in [0.2, 0.25) is 5.91 Å². The molecule has 29 heavy (non-hydrogen) atoms. The van der Waals surface area contributed by atoms with Crippen molar-refractivity contribution < 1.29 is 13.2 Å². The van der Waals surface area contributed by atoms with Crippen LogP contribution in [0.1, 0.15) is 11.3 Å². The molecule has 152 valence electrons. The zero-order chi connectivity index (χ0) is 20.4. The Morgan fingerprint density at radius 1 is 1.10 bits per heavy atom. The first-order valence-electron chi connectivity index (χ1n) is 9.63. The van der Waals surface area contributed by atoms with Crippen molar-refractivity contribution in [2.24, 2.45) is 0 Å². The first-order valence-corrected chi connectivity index (χ1v) is 12.3. The van der Waals surface area contributed by atoms with Crippen LogP contribution in [-0.2, 0) is 21.2 Å². The van der Waals surface area contributed by atoms with Crippen LogP contribution < -0.4 is 4.90 Å². The number of rotatable bonds is 6.